The van der Waals surface area contributed by atoms with Gasteiger partial charge >= 0.3 is 0 Å². The van der Waals surface area contributed by atoms with Gasteiger partial charge in [0.15, 0.2) is 0 Å². The van der Waals surface area contributed by atoms with Crippen LogP contribution in [0.4, 0.5) is 0 Å². The molecule has 0 aliphatic heterocycles. The quantitative estimate of drug-likeness (QED) is 0.188. The van der Waals surface area contributed by atoms with E-state index >= 15 is 0 Å². The molecule has 0 unspecified atom stereocenters. The van der Waals surface area contributed by atoms with Crippen LogP contribution < -0.4 is 0 Å². The molecule has 0 spiro atoms. The van der Waals surface area contributed by atoms with Crippen LogP contribution in [0.5, 0.6) is 0 Å². The fourth-order valence-corrected chi connectivity index (χ4v) is 3.64. The van der Waals surface area contributed by atoms with Gasteiger partial charge in [-0.2, -0.15) is 0 Å². The molecule has 4 aromatic carbocycles. The van der Waals surface area contributed by atoms with E-state index in [0.717, 1.165) is 38.9 Å². The van der Waals surface area contributed by atoms with Crippen LogP contribution in [0.15, 0.2) is 103 Å². The lowest BCUT2D eigenvalue weighted by Gasteiger charge is -2.03. The molecule has 0 aromatic heterocycles. The summed E-state index contributed by atoms with van der Waals surface area (Å²) in [4.78, 5) is 0. The predicted octanol–water partition coefficient (Wildman–Crippen LogP) is 7.11. The Morgan fingerprint density at radius 1 is 0.333 bits per heavy atom. The highest BCUT2D eigenvalue weighted by molar-refractivity contribution is 6.83. The van der Waals surface area contributed by atoms with Gasteiger partial charge in [0.2, 0.25) is 0 Å². The lowest BCUT2D eigenvalue weighted by Crippen LogP contribution is -2.16. The fourth-order valence-electron chi connectivity index (χ4n) is 3.12. The number of rotatable bonds is 0. The summed E-state index contributed by atoms with van der Waals surface area (Å²) in [6, 6.07) is 34.2. The first-order chi connectivity index (χ1) is 17.4. The Labute approximate surface area is 216 Å². The highest BCUT2D eigenvalue weighted by Crippen LogP contribution is 2.07. The van der Waals surface area contributed by atoms with Gasteiger partial charge in [-0.05, 0) is 84.9 Å². The molecule has 36 heavy (non-hydrogen) atoms. The van der Waals surface area contributed by atoms with Gasteiger partial charge < -0.3 is 0 Å². The minimum atomic E-state index is -1.36. The molecule has 1 heteroatoms. The first-order valence-electron chi connectivity index (χ1n) is 11.9. The van der Waals surface area contributed by atoms with Gasteiger partial charge in [-0.25, -0.2) is 0 Å². The molecule has 0 saturated carbocycles. The average Bonchev–Trinajstić information content (AvgIpc) is 2.90. The normalized spacial score (nSPS) is 9.75. The number of hydrogen-bond donors (Lipinski definition) is 0. The lowest BCUT2D eigenvalue weighted by atomic mass is 10.1. The van der Waals surface area contributed by atoms with E-state index in [9.17, 15) is 0 Å². The van der Waals surface area contributed by atoms with Gasteiger partial charge in [0, 0.05) is 38.9 Å². The van der Waals surface area contributed by atoms with E-state index in [0.29, 0.717) is 0 Å². The molecule has 4 aromatic rings. The molecule has 0 N–H and O–H groups in total. The zero-order valence-corrected chi connectivity index (χ0v) is 21.8. The molecule has 0 atom stereocenters. The Hall–Kier alpha value is -4.66. The molecule has 0 radical (unpaired) electrons. The van der Waals surface area contributed by atoms with Crippen LogP contribution in [0.2, 0.25) is 19.6 Å². The van der Waals surface area contributed by atoms with Gasteiger partial charge in [-0.3, -0.25) is 0 Å². The summed E-state index contributed by atoms with van der Waals surface area (Å²) in [6.07, 6.45) is 0. The molecule has 0 bridgehead atoms. The highest BCUT2D eigenvalue weighted by atomic mass is 28.3. The minimum absolute atomic E-state index is 0.957. The summed E-state index contributed by atoms with van der Waals surface area (Å²) in [5.74, 6) is 22.5. The molecule has 170 valence electrons. The molecule has 0 aliphatic rings. The molecule has 0 amide bonds. The van der Waals surface area contributed by atoms with E-state index < -0.39 is 8.07 Å². The Balaban J connectivity index is 1.37. The maximum Gasteiger partial charge on any atom is 0.129 e. The van der Waals surface area contributed by atoms with Crippen molar-refractivity contribution in [3.05, 3.63) is 142 Å². The molecule has 0 saturated heterocycles. The Bertz CT molecular complexity index is 1570. The molecular formula is C35H26Si. The average molecular weight is 475 g/mol. The predicted molar refractivity (Wildman–Crippen MR) is 154 cm³/mol. The Kier molecular flexibility index (Phi) is 7.92. The summed E-state index contributed by atoms with van der Waals surface area (Å²) in [5.41, 5.74) is 10.3. The zero-order valence-electron chi connectivity index (χ0n) is 20.8. The van der Waals surface area contributed by atoms with Crippen LogP contribution in [0.1, 0.15) is 38.9 Å². The van der Waals surface area contributed by atoms with Crippen molar-refractivity contribution in [3.63, 3.8) is 0 Å². The first kappa shape index (κ1) is 24.5. The Morgan fingerprint density at radius 3 is 0.861 bits per heavy atom. The van der Waals surface area contributed by atoms with Crippen LogP contribution in [-0.4, -0.2) is 8.07 Å². The van der Waals surface area contributed by atoms with Crippen LogP contribution in [0.25, 0.3) is 0 Å². The molecule has 0 heterocycles. The fraction of sp³-hybridized carbons (Fsp3) is 0.0857. The maximum atomic E-state index is 3.39. The first-order valence-corrected chi connectivity index (χ1v) is 15.4. The van der Waals surface area contributed by atoms with E-state index in [-0.39, 0.29) is 0 Å². The maximum absolute atomic E-state index is 3.39. The monoisotopic (exact) mass is 474 g/mol. The second-order valence-corrected chi connectivity index (χ2v) is 14.1. The third-order valence-corrected chi connectivity index (χ3v) is 5.94. The summed E-state index contributed by atoms with van der Waals surface area (Å²) in [7, 11) is -1.36. The van der Waals surface area contributed by atoms with Crippen LogP contribution in [0, 0.1) is 47.0 Å². The van der Waals surface area contributed by atoms with Crippen molar-refractivity contribution in [1.82, 2.24) is 0 Å². The van der Waals surface area contributed by atoms with Crippen LogP contribution >= 0.6 is 0 Å². The SMILES string of the molecule is C[Si](C)(C)C#Cc1ccc(C#Cc2ccc(C#Cc3ccc(C#Cc4ccccc4)cc3)cc2)cc1. The van der Waals surface area contributed by atoms with Crippen molar-refractivity contribution in [2.45, 2.75) is 19.6 Å². The van der Waals surface area contributed by atoms with E-state index in [1.807, 2.05) is 103 Å². The van der Waals surface area contributed by atoms with Crippen molar-refractivity contribution >= 4 is 8.07 Å². The summed E-state index contributed by atoms with van der Waals surface area (Å²) in [6.45, 7) is 6.74. The van der Waals surface area contributed by atoms with Gasteiger partial charge in [0.1, 0.15) is 8.07 Å². The standard InChI is InChI=1S/C35H26Si/c1-36(2,3)28-27-35-25-23-34(24-26-35)22-21-33-19-17-32(18-20-33)16-15-31-13-11-30(12-14-31)10-9-29-7-5-4-6-8-29/h4-8,11-14,17-20,23-26H,1-3H3. The Morgan fingerprint density at radius 2 is 0.583 bits per heavy atom. The van der Waals surface area contributed by atoms with Gasteiger partial charge in [-0.1, -0.05) is 79.3 Å². The zero-order chi connectivity index (χ0) is 25.2. The highest BCUT2D eigenvalue weighted by Gasteiger charge is 2.07. The molecule has 0 nitrogen and oxygen atoms in total. The van der Waals surface area contributed by atoms with Crippen molar-refractivity contribution in [3.8, 4) is 47.0 Å². The van der Waals surface area contributed by atoms with Crippen molar-refractivity contribution in [2.24, 2.45) is 0 Å². The topological polar surface area (TPSA) is 0 Å². The lowest BCUT2D eigenvalue weighted by molar-refractivity contribution is 1.57. The van der Waals surface area contributed by atoms with E-state index in [2.05, 4.69) is 66.6 Å². The van der Waals surface area contributed by atoms with E-state index in [1.54, 1.807) is 0 Å². The van der Waals surface area contributed by atoms with Crippen molar-refractivity contribution < 1.29 is 0 Å². The largest absolute Gasteiger partial charge is 0.129 e. The third-order valence-electron chi connectivity index (χ3n) is 5.06. The molecular weight excluding hydrogens is 448 g/mol. The summed E-state index contributed by atoms with van der Waals surface area (Å²) < 4.78 is 0. The second kappa shape index (κ2) is 11.7. The van der Waals surface area contributed by atoms with E-state index in [1.165, 1.54) is 0 Å². The van der Waals surface area contributed by atoms with Gasteiger partial charge in [0.25, 0.3) is 0 Å². The summed E-state index contributed by atoms with van der Waals surface area (Å²) >= 11 is 0. The van der Waals surface area contributed by atoms with Gasteiger partial charge in [-0.15, -0.1) is 5.54 Å². The number of benzene rings is 4. The van der Waals surface area contributed by atoms with E-state index in [4.69, 9.17) is 0 Å². The smallest absolute Gasteiger partial charge is 0.127 e. The second-order valence-electron chi connectivity index (χ2n) is 9.35. The van der Waals surface area contributed by atoms with Crippen molar-refractivity contribution in [1.29, 1.82) is 0 Å². The van der Waals surface area contributed by atoms with Gasteiger partial charge in [0.05, 0.1) is 0 Å². The third kappa shape index (κ3) is 7.98. The van der Waals surface area contributed by atoms with Crippen LogP contribution in [0.3, 0.4) is 0 Å². The van der Waals surface area contributed by atoms with Crippen molar-refractivity contribution in [2.75, 3.05) is 0 Å². The molecule has 4 rings (SSSR count). The van der Waals surface area contributed by atoms with Crippen LogP contribution in [-0.2, 0) is 0 Å². The summed E-state index contributed by atoms with van der Waals surface area (Å²) in [5, 5.41) is 0. The molecule has 0 fully saturated rings. The minimum Gasteiger partial charge on any atom is -0.127 e. The number of hydrogen-bond acceptors (Lipinski definition) is 0. The molecule has 0 aliphatic carbocycles.